The quantitative estimate of drug-likeness (QED) is 0.370. The second-order valence-corrected chi connectivity index (χ2v) is 2.33. The lowest BCUT2D eigenvalue weighted by Gasteiger charge is -1.95. The van der Waals surface area contributed by atoms with Crippen molar-refractivity contribution in [2.24, 2.45) is 0 Å². The topological polar surface area (TPSA) is 30.7 Å². The molecule has 1 aliphatic rings. The zero-order valence-electron chi connectivity index (χ0n) is 5.64. The van der Waals surface area contributed by atoms with Gasteiger partial charge in [-0.15, -0.1) is 0 Å². The summed E-state index contributed by atoms with van der Waals surface area (Å²) in [5, 5.41) is 0. The molecule has 0 unspecified atom stereocenters. The summed E-state index contributed by atoms with van der Waals surface area (Å²) in [4.78, 5) is 12.0. The molecule has 0 atom stereocenters. The molecule has 0 aromatic rings. The van der Waals surface area contributed by atoms with E-state index in [1.54, 1.807) is 0 Å². The minimum Gasteiger partial charge on any atom is -0.469 e. The zero-order valence-corrected chi connectivity index (χ0v) is 5.64. The van der Waals surface area contributed by atoms with Crippen LogP contribution in [0.3, 0.4) is 0 Å². The molecule has 0 aromatic heterocycles. The molecule has 1 N–H and O–H groups in total. The van der Waals surface area contributed by atoms with Crippen molar-refractivity contribution in [1.82, 2.24) is 0 Å². The van der Waals surface area contributed by atoms with Gasteiger partial charge in [0, 0.05) is 0 Å². The minimum atomic E-state index is -0.0885. The van der Waals surface area contributed by atoms with E-state index in [9.17, 15) is 4.79 Å². The number of nitrogens with one attached hydrogen (secondary N) is 1. The van der Waals surface area contributed by atoms with E-state index in [1.807, 2.05) is 0 Å². The molecule has 1 aliphatic heterocycles. The fourth-order valence-corrected chi connectivity index (χ4v) is 0.719. The first kappa shape index (κ1) is 6.55. The van der Waals surface area contributed by atoms with Crippen LogP contribution in [-0.2, 0) is 9.53 Å². The summed E-state index contributed by atoms with van der Waals surface area (Å²) < 4.78 is 4.48. The molecular weight excluding hydrogens is 118 g/mol. The largest absolute Gasteiger partial charge is 0.469 e. The highest BCUT2D eigenvalue weighted by atomic mass is 16.5. The average Bonchev–Trinajstić information content (AvgIpc) is 2.65. The summed E-state index contributed by atoms with van der Waals surface area (Å²) in [6.07, 6.45) is 0.575. The Morgan fingerprint density at radius 2 is 2.33 bits per heavy atom. The van der Waals surface area contributed by atoms with Crippen LogP contribution in [0.15, 0.2) is 0 Å². The summed E-state index contributed by atoms with van der Waals surface area (Å²) in [7, 11) is 1.43. The smallest absolute Gasteiger partial charge is 0.311 e. The van der Waals surface area contributed by atoms with Gasteiger partial charge in [0.15, 0.2) is 0 Å². The van der Waals surface area contributed by atoms with Crippen LogP contribution >= 0.6 is 0 Å². The number of rotatable bonds is 3. The van der Waals surface area contributed by atoms with Crippen LogP contribution in [0.5, 0.6) is 0 Å². The standard InChI is InChI=1S/C6H11NO2/c1-9-6(8)2-3-7-4-5-7/h2-5H2,1H3/p+1. The van der Waals surface area contributed by atoms with Crippen molar-refractivity contribution in [2.45, 2.75) is 6.42 Å². The molecular formula is C6H12NO2+. The molecule has 0 amide bonds. The third-order valence-corrected chi connectivity index (χ3v) is 1.51. The normalized spacial score (nSPS) is 17.4. The van der Waals surface area contributed by atoms with Crippen molar-refractivity contribution >= 4 is 5.97 Å². The van der Waals surface area contributed by atoms with E-state index in [-0.39, 0.29) is 5.97 Å². The number of carbonyl (C=O) groups is 1. The SMILES string of the molecule is COC(=O)CC[NH+]1CC1. The molecule has 1 fully saturated rings. The van der Waals surface area contributed by atoms with Crippen LogP contribution in [0.2, 0.25) is 0 Å². The van der Waals surface area contributed by atoms with Gasteiger partial charge in [-0.05, 0) is 0 Å². The maximum absolute atomic E-state index is 10.5. The van der Waals surface area contributed by atoms with Crippen molar-refractivity contribution in [1.29, 1.82) is 0 Å². The summed E-state index contributed by atoms with van der Waals surface area (Å²) in [6.45, 7) is 3.42. The van der Waals surface area contributed by atoms with Crippen LogP contribution in [0.25, 0.3) is 0 Å². The van der Waals surface area contributed by atoms with E-state index in [0.717, 1.165) is 6.54 Å². The third-order valence-electron chi connectivity index (χ3n) is 1.51. The lowest BCUT2D eigenvalue weighted by atomic mass is 10.4. The van der Waals surface area contributed by atoms with Gasteiger partial charge in [-0.25, -0.2) is 0 Å². The van der Waals surface area contributed by atoms with Crippen LogP contribution in [0, 0.1) is 0 Å². The fourth-order valence-electron chi connectivity index (χ4n) is 0.719. The number of hydrogen-bond acceptors (Lipinski definition) is 2. The van der Waals surface area contributed by atoms with E-state index < -0.39 is 0 Å². The highest BCUT2D eigenvalue weighted by Gasteiger charge is 2.23. The second kappa shape index (κ2) is 2.82. The molecule has 52 valence electrons. The summed E-state index contributed by atoms with van der Waals surface area (Å²) in [5.41, 5.74) is 0. The Labute approximate surface area is 54.6 Å². The molecule has 0 saturated carbocycles. The number of carbonyl (C=O) groups excluding carboxylic acids is 1. The molecule has 0 aromatic carbocycles. The Kier molecular flexibility index (Phi) is 2.05. The van der Waals surface area contributed by atoms with Gasteiger partial charge in [0.05, 0.1) is 20.1 Å². The second-order valence-electron chi connectivity index (χ2n) is 2.33. The molecule has 0 bridgehead atoms. The van der Waals surface area contributed by atoms with E-state index in [0.29, 0.717) is 6.42 Å². The predicted octanol–water partition coefficient (Wildman–Crippen LogP) is -1.55. The number of esters is 1. The van der Waals surface area contributed by atoms with Crippen molar-refractivity contribution in [3.05, 3.63) is 0 Å². The van der Waals surface area contributed by atoms with Gasteiger partial charge in [0.1, 0.15) is 13.1 Å². The lowest BCUT2D eigenvalue weighted by molar-refractivity contribution is -0.757. The molecule has 0 spiro atoms. The first-order valence-corrected chi connectivity index (χ1v) is 3.23. The van der Waals surface area contributed by atoms with Crippen LogP contribution < -0.4 is 4.90 Å². The van der Waals surface area contributed by atoms with Crippen LogP contribution in [-0.4, -0.2) is 32.7 Å². The summed E-state index contributed by atoms with van der Waals surface area (Å²) >= 11 is 0. The number of methoxy groups -OCH3 is 1. The predicted molar refractivity (Wildman–Crippen MR) is 32.2 cm³/mol. The molecule has 3 nitrogen and oxygen atoms in total. The van der Waals surface area contributed by atoms with Gasteiger partial charge in [-0.1, -0.05) is 0 Å². The third kappa shape index (κ3) is 2.46. The fraction of sp³-hybridized carbons (Fsp3) is 0.833. The molecule has 9 heavy (non-hydrogen) atoms. The van der Waals surface area contributed by atoms with Crippen molar-refractivity contribution in [3.8, 4) is 0 Å². The Morgan fingerprint density at radius 1 is 1.67 bits per heavy atom. The van der Waals surface area contributed by atoms with E-state index in [1.165, 1.54) is 25.1 Å². The molecule has 1 saturated heterocycles. The van der Waals surface area contributed by atoms with Gasteiger partial charge in [0.2, 0.25) is 0 Å². The molecule has 1 rings (SSSR count). The zero-order chi connectivity index (χ0) is 6.69. The Bertz CT molecular complexity index is 110. The maximum Gasteiger partial charge on any atom is 0.311 e. The summed E-state index contributed by atoms with van der Waals surface area (Å²) in [5.74, 6) is -0.0885. The minimum absolute atomic E-state index is 0.0885. The van der Waals surface area contributed by atoms with E-state index in [2.05, 4.69) is 4.74 Å². The monoisotopic (exact) mass is 130 g/mol. The van der Waals surface area contributed by atoms with Crippen molar-refractivity contribution in [3.63, 3.8) is 0 Å². The van der Waals surface area contributed by atoms with Crippen LogP contribution in [0.4, 0.5) is 0 Å². The van der Waals surface area contributed by atoms with Crippen LogP contribution in [0.1, 0.15) is 6.42 Å². The van der Waals surface area contributed by atoms with Gasteiger partial charge in [0.25, 0.3) is 0 Å². The maximum atomic E-state index is 10.5. The lowest BCUT2D eigenvalue weighted by Crippen LogP contribution is -2.92. The molecule has 0 aliphatic carbocycles. The summed E-state index contributed by atoms with van der Waals surface area (Å²) in [6, 6.07) is 0. The number of quaternary nitrogens is 1. The highest BCUT2D eigenvalue weighted by Crippen LogP contribution is 1.79. The highest BCUT2D eigenvalue weighted by molar-refractivity contribution is 5.69. The van der Waals surface area contributed by atoms with Gasteiger partial charge >= 0.3 is 5.97 Å². The number of hydrogen-bond donors (Lipinski definition) is 1. The first-order chi connectivity index (χ1) is 4.33. The van der Waals surface area contributed by atoms with Gasteiger partial charge < -0.3 is 9.64 Å². The van der Waals surface area contributed by atoms with Crippen molar-refractivity contribution < 1.29 is 14.4 Å². The Hall–Kier alpha value is -0.570. The number of ether oxygens (including phenoxy) is 1. The molecule has 0 radical (unpaired) electrons. The van der Waals surface area contributed by atoms with Crippen molar-refractivity contribution in [2.75, 3.05) is 26.7 Å². The Balaban J connectivity index is 1.96. The first-order valence-electron chi connectivity index (χ1n) is 3.23. The van der Waals surface area contributed by atoms with E-state index in [4.69, 9.17) is 0 Å². The Morgan fingerprint density at radius 3 is 2.78 bits per heavy atom. The van der Waals surface area contributed by atoms with Gasteiger partial charge in [-0.3, -0.25) is 4.79 Å². The van der Waals surface area contributed by atoms with E-state index >= 15 is 0 Å². The van der Waals surface area contributed by atoms with Gasteiger partial charge in [-0.2, -0.15) is 0 Å². The molecule has 1 heterocycles. The average molecular weight is 130 g/mol. The molecule has 3 heteroatoms.